The van der Waals surface area contributed by atoms with Crippen LogP contribution in [0.3, 0.4) is 0 Å². The Bertz CT molecular complexity index is 1170. The van der Waals surface area contributed by atoms with Gasteiger partial charge in [-0.1, -0.05) is 121 Å². The Morgan fingerprint density at radius 1 is 0.478 bits per heavy atom. The molecule has 4 aromatic carbocycles. The third-order valence-electron chi connectivity index (χ3n) is 9.24. The van der Waals surface area contributed by atoms with Crippen molar-refractivity contribution in [2.75, 3.05) is 40.4 Å². The summed E-state index contributed by atoms with van der Waals surface area (Å²) in [6.07, 6.45) is 2.74. The number of methoxy groups -OCH3 is 2. The summed E-state index contributed by atoms with van der Waals surface area (Å²) in [4.78, 5) is 5.14. The van der Waals surface area contributed by atoms with Crippen LogP contribution in [0, 0.1) is 0 Å². The molecule has 0 aromatic heterocycles. The summed E-state index contributed by atoms with van der Waals surface area (Å²) in [5, 5.41) is 6.89. The molecular formula is C40H52N4O2. The summed E-state index contributed by atoms with van der Waals surface area (Å²) in [5.74, 6) is 0. The number of ether oxygens (including phenoxy) is 2. The van der Waals surface area contributed by atoms with Crippen molar-refractivity contribution >= 4 is 0 Å². The van der Waals surface area contributed by atoms with Gasteiger partial charge in [-0.25, -0.2) is 0 Å². The predicted octanol–water partition coefficient (Wildman–Crippen LogP) is 6.13. The molecule has 0 radical (unpaired) electrons. The van der Waals surface area contributed by atoms with Gasteiger partial charge in [0.25, 0.3) is 0 Å². The Kier molecular flexibility index (Phi) is 13.8. The van der Waals surface area contributed by atoms with Crippen LogP contribution in [-0.2, 0) is 35.7 Å². The minimum absolute atomic E-state index is 0.246. The minimum atomic E-state index is 0.246. The maximum absolute atomic E-state index is 5.76. The summed E-state index contributed by atoms with van der Waals surface area (Å²) >= 11 is 0. The summed E-state index contributed by atoms with van der Waals surface area (Å²) < 4.78 is 11.5. The third-order valence-corrected chi connectivity index (χ3v) is 9.24. The predicted molar refractivity (Wildman–Crippen MR) is 188 cm³/mol. The maximum Gasteiger partial charge on any atom is 0.0851 e. The van der Waals surface area contributed by atoms with Crippen molar-refractivity contribution in [1.82, 2.24) is 20.4 Å². The topological polar surface area (TPSA) is 49.0 Å². The van der Waals surface area contributed by atoms with E-state index in [-0.39, 0.29) is 12.2 Å². The van der Waals surface area contributed by atoms with Gasteiger partial charge >= 0.3 is 0 Å². The van der Waals surface area contributed by atoms with Gasteiger partial charge in [0.2, 0.25) is 0 Å². The summed E-state index contributed by atoms with van der Waals surface area (Å²) in [5.41, 5.74) is 5.43. The van der Waals surface area contributed by atoms with Crippen LogP contribution in [0.25, 0.3) is 0 Å². The number of benzene rings is 4. The van der Waals surface area contributed by atoms with E-state index < -0.39 is 0 Å². The molecule has 46 heavy (non-hydrogen) atoms. The van der Waals surface area contributed by atoms with Crippen LogP contribution in [0.1, 0.15) is 35.1 Å². The van der Waals surface area contributed by atoms with Gasteiger partial charge < -0.3 is 20.1 Å². The number of rotatable bonds is 12. The monoisotopic (exact) mass is 620 g/mol. The standard InChI is InChI=1S/2C20H26N2O/c2*1-23-20-14-21-13-12-19(20)22(15-17-8-4-2-5-9-17)16-18-10-6-3-7-11-18/h2*2-11,19-21H,12-16H2,1H3/t19-,20?;/m1./s1. The fourth-order valence-electron chi connectivity index (χ4n) is 6.80. The molecule has 0 aliphatic carbocycles. The molecule has 0 spiro atoms. The molecule has 6 rings (SSSR count). The molecule has 2 heterocycles. The highest BCUT2D eigenvalue weighted by Gasteiger charge is 2.31. The molecule has 3 unspecified atom stereocenters. The van der Waals surface area contributed by atoms with E-state index in [9.17, 15) is 0 Å². The van der Waals surface area contributed by atoms with Crippen LogP contribution in [-0.4, -0.2) is 74.5 Å². The zero-order valence-corrected chi connectivity index (χ0v) is 27.6. The van der Waals surface area contributed by atoms with Crippen molar-refractivity contribution < 1.29 is 9.47 Å². The van der Waals surface area contributed by atoms with E-state index in [1.807, 2.05) is 14.2 Å². The lowest BCUT2D eigenvalue weighted by Crippen LogP contribution is -2.53. The molecule has 6 nitrogen and oxygen atoms in total. The molecule has 0 saturated carbocycles. The van der Waals surface area contributed by atoms with Crippen LogP contribution < -0.4 is 10.6 Å². The fourth-order valence-corrected chi connectivity index (χ4v) is 6.80. The molecule has 0 amide bonds. The fraction of sp³-hybridized carbons (Fsp3) is 0.400. The number of nitrogens with zero attached hydrogens (tertiary/aromatic N) is 2. The van der Waals surface area contributed by atoms with Crippen molar-refractivity contribution in [2.24, 2.45) is 0 Å². The minimum Gasteiger partial charge on any atom is -0.378 e. The Hall–Kier alpha value is -3.36. The zero-order valence-electron chi connectivity index (χ0n) is 27.6. The van der Waals surface area contributed by atoms with Crippen LogP contribution in [0.5, 0.6) is 0 Å². The van der Waals surface area contributed by atoms with E-state index in [0.29, 0.717) is 12.1 Å². The van der Waals surface area contributed by atoms with Gasteiger partial charge in [-0.2, -0.15) is 0 Å². The van der Waals surface area contributed by atoms with Gasteiger partial charge in [-0.05, 0) is 48.2 Å². The second-order valence-corrected chi connectivity index (χ2v) is 12.4. The van der Waals surface area contributed by atoms with Crippen molar-refractivity contribution in [3.8, 4) is 0 Å². The quantitative estimate of drug-likeness (QED) is 0.199. The van der Waals surface area contributed by atoms with Crippen molar-refractivity contribution in [3.63, 3.8) is 0 Å². The van der Waals surface area contributed by atoms with Gasteiger partial charge in [-0.15, -0.1) is 0 Å². The first kappa shape index (κ1) is 34.0. The molecule has 2 aliphatic rings. The van der Waals surface area contributed by atoms with Crippen LogP contribution >= 0.6 is 0 Å². The first-order chi connectivity index (χ1) is 22.7. The molecule has 4 atom stereocenters. The molecule has 2 aliphatic heterocycles. The van der Waals surface area contributed by atoms with E-state index in [1.54, 1.807) is 0 Å². The van der Waals surface area contributed by atoms with Crippen LogP contribution in [0.2, 0.25) is 0 Å². The van der Waals surface area contributed by atoms with Crippen LogP contribution in [0.4, 0.5) is 0 Å². The number of nitrogens with one attached hydrogen (secondary N) is 2. The lowest BCUT2D eigenvalue weighted by molar-refractivity contribution is -0.00923. The zero-order chi connectivity index (χ0) is 31.8. The first-order valence-electron chi connectivity index (χ1n) is 16.8. The molecule has 4 aromatic rings. The van der Waals surface area contributed by atoms with E-state index in [1.165, 1.54) is 22.3 Å². The molecule has 244 valence electrons. The van der Waals surface area contributed by atoms with Crippen LogP contribution in [0.15, 0.2) is 121 Å². The molecule has 2 N–H and O–H groups in total. The highest BCUT2D eigenvalue weighted by atomic mass is 16.5. The summed E-state index contributed by atoms with van der Waals surface area (Å²) in [6.45, 7) is 7.82. The Balaban J connectivity index is 0.000000181. The van der Waals surface area contributed by atoms with Crippen molar-refractivity contribution in [2.45, 2.75) is 63.3 Å². The SMILES string of the molecule is COC1CNCCC1N(Cc1ccccc1)Cc1ccccc1.COC1CNCC[C@H]1N(Cc1ccccc1)Cc1ccccc1. The van der Waals surface area contributed by atoms with Gasteiger partial charge in [0.15, 0.2) is 0 Å². The lowest BCUT2D eigenvalue weighted by Gasteiger charge is -2.39. The lowest BCUT2D eigenvalue weighted by atomic mass is 9.99. The Labute approximate surface area is 276 Å². The Morgan fingerprint density at radius 2 is 0.761 bits per heavy atom. The Morgan fingerprint density at radius 3 is 1.02 bits per heavy atom. The number of hydrogen-bond acceptors (Lipinski definition) is 6. The molecule has 0 bridgehead atoms. The van der Waals surface area contributed by atoms with Crippen molar-refractivity contribution in [3.05, 3.63) is 144 Å². The normalized spacial score (nSPS) is 21.5. The van der Waals surface area contributed by atoms with Gasteiger partial charge in [0, 0.05) is 65.6 Å². The second kappa shape index (κ2) is 18.7. The summed E-state index contributed by atoms with van der Waals surface area (Å²) in [6, 6.07) is 43.8. The number of piperidine rings is 2. The molecule has 6 heteroatoms. The van der Waals surface area contributed by atoms with Gasteiger partial charge in [0.05, 0.1) is 12.2 Å². The third kappa shape index (κ3) is 10.3. The largest absolute Gasteiger partial charge is 0.378 e. The van der Waals surface area contributed by atoms with E-state index in [4.69, 9.17) is 9.47 Å². The van der Waals surface area contributed by atoms with Crippen molar-refractivity contribution in [1.29, 1.82) is 0 Å². The van der Waals surface area contributed by atoms with Gasteiger partial charge in [-0.3, -0.25) is 9.80 Å². The van der Waals surface area contributed by atoms with E-state index >= 15 is 0 Å². The molecule has 2 saturated heterocycles. The maximum atomic E-state index is 5.76. The summed E-state index contributed by atoms with van der Waals surface area (Å²) in [7, 11) is 3.65. The van der Waals surface area contributed by atoms with Gasteiger partial charge in [0.1, 0.15) is 0 Å². The number of hydrogen-bond donors (Lipinski definition) is 2. The van der Waals surface area contributed by atoms with E-state index in [2.05, 4.69) is 142 Å². The highest BCUT2D eigenvalue weighted by Crippen LogP contribution is 2.22. The highest BCUT2D eigenvalue weighted by molar-refractivity contribution is 5.19. The average molecular weight is 621 g/mol. The first-order valence-corrected chi connectivity index (χ1v) is 16.8. The average Bonchev–Trinajstić information content (AvgIpc) is 3.13. The molecule has 2 fully saturated rings. The smallest absolute Gasteiger partial charge is 0.0851 e. The molecular weight excluding hydrogens is 568 g/mol. The second-order valence-electron chi connectivity index (χ2n) is 12.4. The van der Waals surface area contributed by atoms with E-state index in [0.717, 1.165) is 65.2 Å².